The number of oxime groups is 1. The van der Waals surface area contributed by atoms with Crippen LogP contribution in [0.1, 0.15) is 36.8 Å². The highest BCUT2D eigenvalue weighted by Crippen LogP contribution is 2.34. The summed E-state index contributed by atoms with van der Waals surface area (Å²) in [7, 11) is 0. The number of amides is 1. The third kappa shape index (κ3) is 4.25. The predicted octanol–water partition coefficient (Wildman–Crippen LogP) is 3.33. The molecule has 5 heteroatoms. The maximum atomic E-state index is 12.6. The molecular formula is C23H27N3O2. The second-order valence-corrected chi connectivity index (χ2v) is 7.96. The van der Waals surface area contributed by atoms with Crippen molar-refractivity contribution in [1.29, 1.82) is 0 Å². The second kappa shape index (κ2) is 8.15. The number of likely N-dealkylation sites (tertiary alicyclic amines) is 1. The first-order valence-electron chi connectivity index (χ1n) is 9.98. The Kier molecular flexibility index (Phi) is 5.44. The van der Waals surface area contributed by atoms with Gasteiger partial charge in [-0.1, -0.05) is 72.7 Å². The summed E-state index contributed by atoms with van der Waals surface area (Å²) in [5.41, 5.74) is 2.69. The third-order valence-corrected chi connectivity index (χ3v) is 5.68. The molecule has 1 saturated heterocycles. The Labute approximate surface area is 166 Å². The second-order valence-electron chi connectivity index (χ2n) is 7.96. The highest BCUT2D eigenvalue weighted by Gasteiger charge is 2.46. The van der Waals surface area contributed by atoms with Gasteiger partial charge in [-0.15, -0.1) is 0 Å². The van der Waals surface area contributed by atoms with Gasteiger partial charge in [0.15, 0.2) is 5.60 Å². The summed E-state index contributed by atoms with van der Waals surface area (Å²) in [6.07, 6.45) is 1.49. The van der Waals surface area contributed by atoms with Gasteiger partial charge in [0.1, 0.15) is 5.71 Å². The van der Waals surface area contributed by atoms with Crippen molar-refractivity contribution in [2.75, 3.05) is 19.6 Å². The van der Waals surface area contributed by atoms with Crippen molar-refractivity contribution in [3.63, 3.8) is 0 Å². The molecule has 1 amide bonds. The Hall–Kier alpha value is -2.66. The molecule has 4 rings (SSSR count). The summed E-state index contributed by atoms with van der Waals surface area (Å²) >= 11 is 0. The molecule has 0 saturated carbocycles. The molecule has 5 nitrogen and oxygen atoms in total. The lowest BCUT2D eigenvalue weighted by Gasteiger charge is -2.21. The van der Waals surface area contributed by atoms with Gasteiger partial charge in [0.2, 0.25) is 0 Å². The van der Waals surface area contributed by atoms with Crippen LogP contribution in [0.25, 0.3) is 0 Å². The summed E-state index contributed by atoms with van der Waals surface area (Å²) in [5, 5.41) is 7.16. The fraction of sp³-hybridized carbons (Fsp3) is 0.391. The van der Waals surface area contributed by atoms with Crippen molar-refractivity contribution in [2.45, 2.75) is 37.8 Å². The van der Waals surface area contributed by atoms with Gasteiger partial charge in [0.25, 0.3) is 5.91 Å². The van der Waals surface area contributed by atoms with E-state index >= 15 is 0 Å². The molecule has 1 fully saturated rings. The SMILES string of the molecule is C[C@@H](CNC(=O)C1=NO[C@]2(CCN(Cc3ccccc3)C2)C1)c1ccccc1. The van der Waals surface area contributed by atoms with Crippen LogP contribution in [-0.2, 0) is 16.2 Å². The summed E-state index contributed by atoms with van der Waals surface area (Å²) in [6, 6.07) is 20.7. The molecule has 0 bridgehead atoms. The topological polar surface area (TPSA) is 53.9 Å². The minimum atomic E-state index is -0.341. The number of nitrogens with one attached hydrogen (secondary N) is 1. The Morgan fingerprint density at radius 1 is 1.18 bits per heavy atom. The van der Waals surface area contributed by atoms with Crippen LogP contribution in [0, 0.1) is 0 Å². The largest absolute Gasteiger partial charge is 0.387 e. The lowest BCUT2D eigenvalue weighted by atomic mass is 9.96. The van der Waals surface area contributed by atoms with Crippen LogP contribution in [0.4, 0.5) is 0 Å². The van der Waals surface area contributed by atoms with Gasteiger partial charge in [0.05, 0.1) is 0 Å². The summed E-state index contributed by atoms with van der Waals surface area (Å²) < 4.78 is 0. The maximum Gasteiger partial charge on any atom is 0.269 e. The number of carbonyl (C=O) groups excluding carboxylic acids is 1. The first kappa shape index (κ1) is 18.7. The van der Waals surface area contributed by atoms with Crippen molar-refractivity contribution in [1.82, 2.24) is 10.2 Å². The van der Waals surface area contributed by atoms with Crippen LogP contribution in [0.3, 0.4) is 0 Å². The lowest BCUT2D eigenvalue weighted by Crippen LogP contribution is -2.37. The van der Waals surface area contributed by atoms with Crippen LogP contribution < -0.4 is 5.32 Å². The average Bonchev–Trinajstić information content (AvgIpc) is 3.34. The van der Waals surface area contributed by atoms with Crippen LogP contribution in [0.5, 0.6) is 0 Å². The normalized spacial score (nSPS) is 22.7. The molecule has 0 aliphatic carbocycles. The maximum absolute atomic E-state index is 12.6. The van der Waals surface area contributed by atoms with Gasteiger partial charge in [-0.25, -0.2) is 0 Å². The zero-order valence-corrected chi connectivity index (χ0v) is 16.3. The van der Waals surface area contributed by atoms with Crippen molar-refractivity contribution < 1.29 is 9.63 Å². The van der Waals surface area contributed by atoms with Crippen molar-refractivity contribution in [3.8, 4) is 0 Å². The van der Waals surface area contributed by atoms with Gasteiger partial charge in [0, 0.05) is 39.0 Å². The van der Waals surface area contributed by atoms with Crippen LogP contribution in [0.2, 0.25) is 0 Å². The van der Waals surface area contributed by atoms with Gasteiger partial charge >= 0.3 is 0 Å². The molecule has 0 unspecified atom stereocenters. The predicted molar refractivity (Wildman–Crippen MR) is 110 cm³/mol. The quantitative estimate of drug-likeness (QED) is 0.840. The number of benzene rings is 2. The van der Waals surface area contributed by atoms with Crippen LogP contribution in [-0.4, -0.2) is 41.8 Å². The number of rotatable bonds is 6. The smallest absolute Gasteiger partial charge is 0.269 e. The third-order valence-electron chi connectivity index (χ3n) is 5.68. The standard InChI is InChI=1S/C23H27N3O2/c1-18(20-10-6-3-7-11-20)15-24-22(27)21-14-23(28-25-21)12-13-26(17-23)16-19-8-4-2-5-9-19/h2-11,18H,12-17H2,1H3,(H,24,27)/t18-,23+/m0/s1. The monoisotopic (exact) mass is 377 g/mol. The fourth-order valence-electron chi connectivity index (χ4n) is 4.01. The molecule has 0 aromatic heterocycles. The molecule has 2 aromatic carbocycles. The molecule has 2 aliphatic heterocycles. The Morgan fingerprint density at radius 2 is 1.89 bits per heavy atom. The zero-order chi connectivity index (χ0) is 19.4. The van der Waals surface area contributed by atoms with E-state index in [2.05, 4.69) is 58.7 Å². The number of hydrogen-bond acceptors (Lipinski definition) is 4. The van der Waals surface area contributed by atoms with E-state index < -0.39 is 0 Å². The van der Waals surface area contributed by atoms with Gasteiger partial charge in [-0.2, -0.15) is 0 Å². The fourth-order valence-corrected chi connectivity index (χ4v) is 4.01. The summed E-state index contributed by atoms with van der Waals surface area (Å²) in [4.78, 5) is 20.7. The van der Waals surface area contributed by atoms with E-state index in [0.29, 0.717) is 18.7 Å². The van der Waals surface area contributed by atoms with E-state index in [0.717, 1.165) is 26.1 Å². The van der Waals surface area contributed by atoms with Gasteiger partial charge < -0.3 is 10.2 Å². The van der Waals surface area contributed by atoms with Crippen LogP contribution in [0.15, 0.2) is 65.8 Å². The molecule has 146 valence electrons. The minimum absolute atomic E-state index is 0.110. The van der Waals surface area contributed by atoms with E-state index in [4.69, 9.17) is 4.84 Å². The van der Waals surface area contributed by atoms with Gasteiger partial charge in [-0.3, -0.25) is 9.69 Å². The lowest BCUT2D eigenvalue weighted by molar-refractivity contribution is -0.115. The Bertz CT molecular complexity index is 837. The van der Waals surface area contributed by atoms with Crippen molar-refractivity contribution in [2.24, 2.45) is 5.16 Å². The van der Waals surface area contributed by atoms with E-state index in [1.54, 1.807) is 0 Å². The molecule has 2 atom stereocenters. The van der Waals surface area contributed by atoms with Crippen molar-refractivity contribution in [3.05, 3.63) is 71.8 Å². The first-order valence-corrected chi connectivity index (χ1v) is 9.98. The summed E-state index contributed by atoms with van der Waals surface area (Å²) in [5.74, 6) is 0.149. The van der Waals surface area contributed by atoms with E-state index in [-0.39, 0.29) is 17.4 Å². The van der Waals surface area contributed by atoms with Crippen molar-refractivity contribution >= 4 is 11.6 Å². The highest BCUT2D eigenvalue weighted by atomic mass is 16.7. The van der Waals surface area contributed by atoms with E-state index in [9.17, 15) is 4.79 Å². The molecule has 0 radical (unpaired) electrons. The van der Waals surface area contributed by atoms with E-state index in [1.807, 2.05) is 24.3 Å². The van der Waals surface area contributed by atoms with Gasteiger partial charge in [-0.05, 0) is 17.0 Å². The average molecular weight is 377 g/mol. The summed E-state index contributed by atoms with van der Waals surface area (Å²) in [6.45, 7) is 5.38. The number of carbonyl (C=O) groups is 1. The molecule has 2 heterocycles. The molecule has 2 aromatic rings. The molecular weight excluding hydrogens is 350 g/mol. The molecule has 1 spiro atoms. The molecule has 28 heavy (non-hydrogen) atoms. The highest BCUT2D eigenvalue weighted by molar-refractivity contribution is 6.39. The Morgan fingerprint density at radius 3 is 2.64 bits per heavy atom. The molecule has 2 aliphatic rings. The van der Waals surface area contributed by atoms with Crippen LogP contribution >= 0.6 is 0 Å². The zero-order valence-electron chi connectivity index (χ0n) is 16.3. The number of hydrogen-bond donors (Lipinski definition) is 1. The Balaban J connectivity index is 1.27. The first-order chi connectivity index (χ1) is 13.6. The van der Waals surface area contributed by atoms with E-state index in [1.165, 1.54) is 11.1 Å². The molecule has 1 N–H and O–H groups in total. The number of nitrogens with zero attached hydrogens (tertiary/aromatic N) is 2. The minimum Gasteiger partial charge on any atom is -0.387 e.